The molecule has 7 heteroatoms. The number of halogens is 2. The predicted octanol–water partition coefficient (Wildman–Crippen LogP) is 5.07. The van der Waals surface area contributed by atoms with Crippen molar-refractivity contribution in [1.29, 1.82) is 0 Å². The van der Waals surface area contributed by atoms with E-state index in [0.717, 1.165) is 32.1 Å². The molecule has 2 aromatic rings. The van der Waals surface area contributed by atoms with Gasteiger partial charge in [0.2, 0.25) is 0 Å². The first kappa shape index (κ1) is 23.4. The minimum Gasteiger partial charge on any atom is -0.352 e. The Kier molecular flexibility index (Phi) is 9.04. The number of carbonyl (C=O) groups excluding carboxylic acids is 2. The van der Waals surface area contributed by atoms with Gasteiger partial charge in [0, 0.05) is 19.6 Å². The molecule has 5 nitrogen and oxygen atoms in total. The number of urea groups is 1. The number of carbonyl (C=O) groups is 2. The summed E-state index contributed by atoms with van der Waals surface area (Å²) >= 11 is 12.1. The molecular weight excluding hydrogens is 433 g/mol. The van der Waals surface area contributed by atoms with Gasteiger partial charge in [0.25, 0.3) is 5.91 Å². The van der Waals surface area contributed by atoms with Gasteiger partial charge in [0.15, 0.2) is 0 Å². The van der Waals surface area contributed by atoms with Crippen molar-refractivity contribution in [2.75, 3.05) is 19.6 Å². The number of amides is 3. The van der Waals surface area contributed by atoms with E-state index in [0.29, 0.717) is 47.1 Å². The third-order valence-corrected chi connectivity index (χ3v) is 6.63. The summed E-state index contributed by atoms with van der Waals surface area (Å²) in [7, 11) is 0. The lowest BCUT2D eigenvalue weighted by Gasteiger charge is -2.28. The first-order chi connectivity index (χ1) is 15.0. The van der Waals surface area contributed by atoms with E-state index in [9.17, 15) is 9.59 Å². The Labute approximate surface area is 193 Å². The zero-order valence-electron chi connectivity index (χ0n) is 17.5. The summed E-state index contributed by atoms with van der Waals surface area (Å²) in [6.07, 6.45) is 4.98. The average molecular weight is 462 g/mol. The molecule has 31 heavy (non-hydrogen) atoms. The standard InChI is InChI=1S/C24H29Cl2N3O2/c25-21-8-4-7-20(22(21)26)23(30)28-15-18-9-11-19(12-10-18)16-29-24(31)27-14-13-17-5-2-1-3-6-17/h1-8,18-19H,9-16H2,(H,28,30)(H2,27,29,31). The highest BCUT2D eigenvalue weighted by atomic mass is 35.5. The molecule has 3 amide bonds. The van der Waals surface area contributed by atoms with Gasteiger partial charge >= 0.3 is 6.03 Å². The maximum absolute atomic E-state index is 12.4. The summed E-state index contributed by atoms with van der Waals surface area (Å²) < 4.78 is 0. The summed E-state index contributed by atoms with van der Waals surface area (Å²) in [6, 6.07) is 15.1. The van der Waals surface area contributed by atoms with E-state index >= 15 is 0 Å². The largest absolute Gasteiger partial charge is 0.352 e. The Bertz CT molecular complexity index is 868. The molecule has 0 radical (unpaired) electrons. The zero-order valence-corrected chi connectivity index (χ0v) is 19.0. The lowest BCUT2D eigenvalue weighted by molar-refractivity contribution is 0.0941. The molecule has 0 spiro atoms. The SMILES string of the molecule is O=C(NCCc1ccccc1)NCC1CCC(CNC(=O)c2cccc(Cl)c2Cl)CC1. The highest BCUT2D eigenvalue weighted by Crippen LogP contribution is 2.29. The van der Waals surface area contributed by atoms with E-state index in [4.69, 9.17) is 23.2 Å². The molecule has 166 valence electrons. The highest BCUT2D eigenvalue weighted by Gasteiger charge is 2.22. The molecule has 0 atom stereocenters. The van der Waals surface area contributed by atoms with Gasteiger partial charge < -0.3 is 16.0 Å². The molecule has 0 saturated heterocycles. The van der Waals surface area contributed by atoms with E-state index in [-0.39, 0.29) is 11.9 Å². The first-order valence-corrected chi connectivity index (χ1v) is 11.6. The second kappa shape index (κ2) is 12.0. The normalized spacial score (nSPS) is 18.3. The Balaban J connectivity index is 1.29. The van der Waals surface area contributed by atoms with Crippen molar-refractivity contribution in [2.24, 2.45) is 11.8 Å². The van der Waals surface area contributed by atoms with Gasteiger partial charge in [0.1, 0.15) is 0 Å². The molecule has 1 aliphatic rings. The Morgan fingerprint density at radius 2 is 1.45 bits per heavy atom. The second-order valence-electron chi connectivity index (χ2n) is 8.07. The number of nitrogens with one attached hydrogen (secondary N) is 3. The summed E-state index contributed by atoms with van der Waals surface area (Å²) in [5.41, 5.74) is 1.62. The van der Waals surface area contributed by atoms with Crippen LogP contribution in [0, 0.1) is 11.8 Å². The summed E-state index contributed by atoms with van der Waals surface area (Å²) in [6.45, 7) is 1.94. The van der Waals surface area contributed by atoms with Gasteiger partial charge in [-0.1, -0.05) is 59.6 Å². The van der Waals surface area contributed by atoms with Crippen molar-refractivity contribution in [3.63, 3.8) is 0 Å². The number of hydrogen-bond acceptors (Lipinski definition) is 2. The smallest absolute Gasteiger partial charge is 0.314 e. The lowest BCUT2D eigenvalue weighted by atomic mass is 9.82. The predicted molar refractivity (Wildman–Crippen MR) is 126 cm³/mol. The van der Waals surface area contributed by atoms with Crippen LogP contribution >= 0.6 is 23.2 Å². The van der Waals surface area contributed by atoms with Crippen molar-refractivity contribution < 1.29 is 9.59 Å². The van der Waals surface area contributed by atoms with Crippen LogP contribution in [-0.4, -0.2) is 31.6 Å². The van der Waals surface area contributed by atoms with Crippen LogP contribution in [-0.2, 0) is 6.42 Å². The third kappa shape index (κ3) is 7.44. The summed E-state index contributed by atoms with van der Waals surface area (Å²) in [5, 5.41) is 9.56. The Morgan fingerprint density at radius 1 is 0.806 bits per heavy atom. The van der Waals surface area contributed by atoms with Crippen molar-refractivity contribution in [3.05, 3.63) is 69.7 Å². The molecular formula is C24H29Cl2N3O2. The molecule has 3 rings (SSSR count). The number of benzene rings is 2. The molecule has 0 unspecified atom stereocenters. The highest BCUT2D eigenvalue weighted by molar-refractivity contribution is 6.43. The summed E-state index contributed by atoms with van der Waals surface area (Å²) in [5.74, 6) is 0.732. The van der Waals surface area contributed by atoms with E-state index in [2.05, 4.69) is 28.1 Å². The van der Waals surface area contributed by atoms with E-state index in [1.807, 2.05) is 18.2 Å². The topological polar surface area (TPSA) is 70.2 Å². The molecule has 2 aromatic carbocycles. The Hall–Kier alpha value is -2.24. The quantitative estimate of drug-likeness (QED) is 0.513. The van der Waals surface area contributed by atoms with Crippen LogP contribution in [0.1, 0.15) is 41.6 Å². The maximum Gasteiger partial charge on any atom is 0.314 e. The first-order valence-electron chi connectivity index (χ1n) is 10.8. The van der Waals surface area contributed by atoms with Gasteiger partial charge in [-0.3, -0.25) is 4.79 Å². The fourth-order valence-electron chi connectivity index (χ4n) is 3.92. The molecule has 1 saturated carbocycles. The minimum atomic E-state index is -0.191. The zero-order chi connectivity index (χ0) is 22.1. The van der Waals surface area contributed by atoms with Crippen LogP contribution in [0.25, 0.3) is 0 Å². The summed E-state index contributed by atoms with van der Waals surface area (Å²) in [4.78, 5) is 24.4. The second-order valence-corrected chi connectivity index (χ2v) is 8.86. The van der Waals surface area contributed by atoms with Gasteiger partial charge in [-0.2, -0.15) is 0 Å². The lowest BCUT2D eigenvalue weighted by Crippen LogP contribution is -2.40. The number of rotatable bonds is 8. The third-order valence-electron chi connectivity index (χ3n) is 5.81. The fourth-order valence-corrected chi connectivity index (χ4v) is 4.30. The maximum atomic E-state index is 12.4. The van der Waals surface area contributed by atoms with Crippen LogP contribution in [0.2, 0.25) is 10.0 Å². The van der Waals surface area contributed by atoms with Crippen molar-refractivity contribution >= 4 is 35.1 Å². The molecule has 1 aliphatic carbocycles. The molecule has 0 heterocycles. The van der Waals surface area contributed by atoms with Crippen molar-refractivity contribution in [2.45, 2.75) is 32.1 Å². The Morgan fingerprint density at radius 3 is 2.13 bits per heavy atom. The molecule has 1 fully saturated rings. The molecule has 0 bridgehead atoms. The number of hydrogen-bond donors (Lipinski definition) is 3. The molecule has 3 N–H and O–H groups in total. The monoisotopic (exact) mass is 461 g/mol. The van der Waals surface area contributed by atoms with E-state index in [1.165, 1.54) is 5.56 Å². The van der Waals surface area contributed by atoms with Gasteiger partial charge in [0.05, 0.1) is 15.6 Å². The molecule has 0 aliphatic heterocycles. The van der Waals surface area contributed by atoms with Gasteiger partial charge in [-0.15, -0.1) is 0 Å². The van der Waals surface area contributed by atoms with Crippen LogP contribution in [0.15, 0.2) is 48.5 Å². The van der Waals surface area contributed by atoms with Crippen molar-refractivity contribution in [1.82, 2.24) is 16.0 Å². The van der Waals surface area contributed by atoms with E-state index < -0.39 is 0 Å². The van der Waals surface area contributed by atoms with Crippen LogP contribution < -0.4 is 16.0 Å². The van der Waals surface area contributed by atoms with Crippen LogP contribution in [0.4, 0.5) is 4.79 Å². The van der Waals surface area contributed by atoms with Crippen LogP contribution in [0.5, 0.6) is 0 Å². The minimum absolute atomic E-state index is 0.108. The van der Waals surface area contributed by atoms with Crippen LogP contribution in [0.3, 0.4) is 0 Å². The van der Waals surface area contributed by atoms with Gasteiger partial charge in [-0.25, -0.2) is 4.79 Å². The van der Waals surface area contributed by atoms with Crippen molar-refractivity contribution in [3.8, 4) is 0 Å². The van der Waals surface area contributed by atoms with E-state index in [1.54, 1.807) is 18.2 Å². The fraction of sp³-hybridized carbons (Fsp3) is 0.417. The van der Waals surface area contributed by atoms with Gasteiger partial charge in [-0.05, 0) is 61.6 Å². The average Bonchev–Trinajstić information content (AvgIpc) is 2.79. The molecule has 0 aromatic heterocycles.